The molecular weight excluding hydrogens is 256 g/mol. The molecule has 1 saturated carbocycles. The Bertz CT molecular complexity index is 314. The highest BCUT2D eigenvalue weighted by Crippen LogP contribution is 2.26. The summed E-state index contributed by atoms with van der Waals surface area (Å²) in [5.74, 6) is -0.832. The van der Waals surface area contributed by atoms with Crippen molar-refractivity contribution < 1.29 is 14.7 Å². The first-order chi connectivity index (χ1) is 9.56. The Morgan fingerprint density at radius 1 is 1.25 bits per heavy atom. The molecule has 1 aliphatic rings. The predicted molar refractivity (Wildman–Crippen MR) is 78.7 cm³/mol. The summed E-state index contributed by atoms with van der Waals surface area (Å²) in [6, 6.07) is -1.00. The summed E-state index contributed by atoms with van der Waals surface area (Å²) in [6.07, 6.45) is 8.26. The third-order valence-corrected chi connectivity index (χ3v) is 4.11. The molecule has 2 amide bonds. The highest BCUT2D eigenvalue weighted by atomic mass is 16.4. The van der Waals surface area contributed by atoms with Gasteiger partial charge in [-0.05, 0) is 25.2 Å². The van der Waals surface area contributed by atoms with Crippen molar-refractivity contribution in [2.24, 2.45) is 5.92 Å². The number of amides is 2. The second-order valence-corrected chi connectivity index (χ2v) is 5.79. The summed E-state index contributed by atoms with van der Waals surface area (Å²) in [5, 5.41) is 12.0. The Hall–Kier alpha value is -1.26. The van der Waals surface area contributed by atoms with Gasteiger partial charge in [0.05, 0.1) is 0 Å². The van der Waals surface area contributed by atoms with E-state index >= 15 is 0 Å². The van der Waals surface area contributed by atoms with Gasteiger partial charge in [0.25, 0.3) is 0 Å². The van der Waals surface area contributed by atoms with E-state index in [4.69, 9.17) is 0 Å². The zero-order valence-corrected chi connectivity index (χ0v) is 12.7. The highest BCUT2D eigenvalue weighted by molar-refractivity contribution is 5.82. The summed E-state index contributed by atoms with van der Waals surface area (Å²) in [6.45, 7) is 2.79. The van der Waals surface area contributed by atoms with Crippen LogP contribution in [0.1, 0.15) is 58.3 Å². The molecule has 5 nitrogen and oxygen atoms in total. The normalized spacial score (nSPS) is 17.5. The van der Waals surface area contributed by atoms with Gasteiger partial charge >= 0.3 is 12.0 Å². The van der Waals surface area contributed by atoms with Crippen molar-refractivity contribution in [3.63, 3.8) is 0 Å². The number of nitrogens with one attached hydrogen (secondary N) is 1. The second kappa shape index (κ2) is 8.82. The number of carbonyl (C=O) groups is 2. The number of hydrogen-bond donors (Lipinski definition) is 2. The van der Waals surface area contributed by atoms with Crippen LogP contribution in [-0.2, 0) is 4.79 Å². The number of nitrogens with zero attached hydrogens (tertiary/aromatic N) is 1. The fourth-order valence-corrected chi connectivity index (χ4v) is 2.79. The summed E-state index contributed by atoms with van der Waals surface area (Å²) >= 11 is 0. The van der Waals surface area contributed by atoms with Crippen molar-refractivity contribution in [3.05, 3.63) is 0 Å². The zero-order chi connectivity index (χ0) is 15.0. The molecule has 1 unspecified atom stereocenters. The first-order valence-electron chi connectivity index (χ1n) is 7.80. The van der Waals surface area contributed by atoms with Gasteiger partial charge in [0, 0.05) is 13.6 Å². The van der Waals surface area contributed by atoms with Crippen molar-refractivity contribution in [1.82, 2.24) is 10.2 Å². The van der Waals surface area contributed by atoms with Crippen molar-refractivity contribution in [2.75, 3.05) is 13.6 Å². The van der Waals surface area contributed by atoms with Crippen LogP contribution in [0.5, 0.6) is 0 Å². The Kier molecular flexibility index (Phi) is 7.41. The average Bonchev–Trinajstić information content (AvgIpc) is 2.45. The summed E-state index contributed by atoms with van der Waals surface area (Å²) in [7, 11) is 1.73. The smallest absolute Gasteiger partial charge is 0.326 e. The molecule has 2 N–H and O–H groups in total. The molecule has 0 heterocycles. The molecule has 116 valence electrons. The molecule has 0 saturated heterocycles. The van der Waals surface area contributed by atoms with Crippen molar-refractivity contribution in [3.8, 4) is 0 Å². The number of hydrogen-bond acceptors (Lipinski definition) is 2. The minimum absolute atomic E-state index is 0.0780. The van der Waals surface area contributed by atoms with Gasteiger partial charge in [0.2, 0.25) is 0 Å². The van der Waals surface area contributed by atoms with Gasteiger partial charge in [-0.15, -0.1) is 0 Å². The first kappa shape index (κ1) is 16.8. The Labute approximate surface area is 121 Å². The second-order valence-electron chi connectivity index (χ2n) is 5.79. The van der Waals surface area contributed by atoms with Gasteiger partial charge < -0.3 is 15.3 Å². The lowest BCUT2D eigenvalue weighted by Gasteiger charge is -2.29. The number of carbonyl (C=O) groups excluding carboxylic acids is 1. The van der Waals surface area contributed by atoms with E-state index < -0.39 is 12.0 Å². The fourth-order valence-electron chi connectivity index (χ4n) is 2.79. The SMILES string of the molecule is CCCCCN(C)C(=O)NC(C(=O)O)C1CCCCC1. The van der Waals surface area contributed by atoms with Crippen LogP contribution in [0.25, 0.3) is 0 Å². The molecule has 0 aromatic carbocycles. The van der Waals surface area contributed by atoms with Crippen LogP contribution in [0, 0.1) is 5.92 Å². The Morgan fingerprint density at radius 3 is 2.45 bits per heavy atom. The molecule has 1 aliphatic carbocycles. The number of carboxylic acid groups (broad SMARTS) is 1. The molecule has 1 atom stereocenters. The number of carboxylic acids is 1. The lowest BCUT2D eigenvalue weighted by Crippen LogP contribution is -2.50. The van der Waals surface area contributed by atoms with Gasteiger partial charge in [-0.2, -0.15) is 0 Å². The Morgan fingerprint density at radius 2 is 1.90 bits per heavy atom. The molecule has 0 aromatic heterocycles. The molecule has 1 fully saturated rings. The standard InChI is InChI=1S/C15H28N2O3/c1-3-4-8-11-17(2)15(20)16-13(14(18)19)12-9-6-5-7-10-12/h12-13H,3-11H2,1-2H3,(H,16,20)(H,18,19). The minimum atomic E-state index is -0.910. The summed E-state index contributed by atoms with van der Waals surface area (Å²) in [5.41, 5.74) is 0. The van der Waals surface area contributed by atoms with E-state index in [2.05, 4.69) is 12.2 Å². The third kappa shape index (κ3) is 5.39. The monoisotopic (exact) mass is 284 g/mol. The van der Waals surface area contributed by atoms with Crippen molar-refractivity contribution in [1.29, 1.82) is 0 Å². The van der Waals surface area contributed by atoms with Crippen LogP contribution in [0.2, 0.25) is 0 Å². The highest BCUT2D eigenvalue weighted by Gasteiger charge is 2.31. The summed E-state index contributed by atoms with van der Waals surface area (Å²) < 4.78 is 0. The molecule has 5 heteroatoms. The first-order valence-corrected chi connectivity index (χ1v) is 7.80. The maximum absolute atomic E-state index is 12.0. The lowest BCUT2D eigenvalue weighted by atomic mass is 9.84. The van der Waals surface area contributed by atoms with E-state index in [0.717, 1.165) is 44.9 Å². The molecule has 0 bridgehead atoms. The van der Waals surface area contributed by atoms with Crippen LogP contribution in [-0.4, -0.2) is 41.6 Å². The maximum Gasteiger partial charge on any atom is 0.326 e. The number of urea groups is 1. The largest absolute Gasteiger partial charge is 0.480 e. The quantitative estimate of drug-likeness (QED) is 0.706. The number of unbranched alkanes of at least 4 members (excludes halogenated alkanes) is 2. The van der Waals surface area contributed by atoms with Crippen molar-refractivity contribution in [2.45, 2.75) is 64.3 Å². The molecule has 1 rings (SSSR count). The Balaban J connectivity index is 2.47. The van der Waals surface area contributed by atoms with Crippen LogP contribution < -0.4 is 5.32 Å². The van der Waals surface area contributed by atoms with E-state index in [-0.39, 0.29) is 11.9 Å². The van der Waals surface area contributed by atoms with E-state index in [0.29, 0.717) is 6.54 Å². The molecule has 0 aliphatic heterocycles. The molecule has 0 radical (unpaired) electrons. The maximum atomic E-state index is 12.0. The van der Waals surface area contributed by atoms with Gasteiger partial charge in [-0.3, -0.25) is 0 Å². The van der Waals surface area contributed by atoms with Gasteiger partial charge in [-0.25, -0.2) is 9.59 Å². The summed E-state index contributed by atoms with van der Waals surface area (Å²) in [4.78, 5) is 25.0. The van der Waals surface area contributed by atoms with Crippen LogP contribution in [0.15, 0.2) is 0 Å². The lowest BCUT2D eigenvalue weighted by molar-refractivity contribution is -0.141. The molecule has 0 spiro atoms. The average molecular weight is 284 g/mol. The van der Waals surface area contributed by atoms with E-state index in [1.807, 2.05) is 0 Å². The zero-order valence-electron chi connectivity index (χ0n) is 12.7. The van der Waals surface area contributed by atoms with Crippen LogP contribution >= 0.6 is 0 Å². The number of rotatable bonds is 7. The van der Waals surface area contributed by atoms with Gasteiger partial charge in [-0.1, -0.05) is 39.0 Å². The van der Waals surface area contributed by atoms with Crippen molar-refractivity contribution >= 4 is 12.0 Å². The van der Waals surface area contributed by atoms with Crippen LogP contribution in [0.3, 0.4) is 0 Å². The van der Waals surface area contributed by atoms with E-state index in [9.17, 15) is 14.7 Å². The van der Waals surface area contributed by atoms with E-state index in [1.54, 1.807) is 11.9 Å². The van der Waals surface area contributed by atoms with Gasteiger partial charge in [0.1, 0.15) is 6.04 Å². The van der Waals surface area contributed by atoms with Crippen LogP contribution in [0.4, 0.5) is 4.79 Å². The van der Waals surface area contributed by atoms with Gasteiger partial charge in [0.15, 0.2) is 0 Å². The fraction of sp³-hybridized carbons (Fsp3) is 0.867. The molecular formula is C15H28N2O3. The molecule has 20 heavy (non-hydrogen) atoms. The third-order valence-electron chi connectivity index (χ3n) is 4.11. The predicted octanol–water partition coefficient (Wildman–Crippen LogP) is 2.85. The minimum Gasteiger partial charge on any atom is -0.480 e. The van der Waals surface area contributed by atoms with E-state index in [1.165, 1.54) is 6.42 Å². The number of aliphatic carboxylic acids is 1. The topological polar surface area (TPSA) is 69.6 Å². The molecule has 0 aromatic rings.